The van der Waals surface area contributed by atoms with Gasteiger partial charge in [-0.05, 0) is 40.0 Å². The van der Waals surface area contributed by atoms with Crippen LogP contribution in [0.5, 0.6) is 0 Å². The Morgan fingerprint density at radius 3 is 2.35 bits per heavy atom. The number of nitrogens with zero attached hydrogens (tertiary/aromatic N) is 1. The maximum Gasteiger partial charge on any atom is 0.415 e. The molecule has 0 spiro atoms. The summed E-state index contributed by atoms with van der Waals surface area (Å²) in [5.41, 5.74) is -0.665. The molecule has 1 saturated heterocycles. The molecule has 0 N–H and O–H groups in total. The van der Waals surface area contributed by atoms with Crippen LogP contribution in [0.25, 0.3) is 0 Å². The van der Waals surface area contributed by atoms with Crippen molar-refractivity contribution < 1.29 is 14.3 Å². The Labute approximate surface area is 120 Å². The minimum absolute atomic E-state index is 0.353. The van der Waals surface area contributed by atoms with Crippen LogP contribution in [0.1, 0.15) is 40.0 Å². The van der Waals surface area contributed by atoms with Crippen LogP contribution in [0.3, 0.4) is 0 Å². The van der Waals surface area contributed by atoms with Crippen LogP contribution >= 0.6 is 0 Å². The predicted octanol–water partition coefficient (Wildman–Crippen LogP) is 3.48. The molecule has 0 bridgehead atoms. The van der Waals surface area contributed by atoms with Crippen LogP contribution in [-0.4, -0.2) is 29.1 Å². The second kappa shape index (κ2) is 6.10. The number of amides is 1. The monoisotopic (exact) mass is 277 g/mol. The minimum atomic E-state index is -0.590. The molecule has 1 amide bonds. The quantitative estimate of drug-likeness (QED) is 0.584. The molecule has 4 heteroatoms. The van der Waals surface area contributed by atoms with Crippen molar-refractivity contribution >= 4 is 12.0 Å². The minimum Gasteiger partial charge on any atom is -0.443 e. The number of rotatable bonds is 4. The molecule has 20 heavy (non-hydrogen) atoms. The lowest BCUT2D eigenvalue weighted by molar-refractivity contribution is 0.0334. The summed E-state index contributed by atoms with van der Waals surface area (Å²) in [6.07, 6.45) is 4.95. The average Bonchev–Trinajstić information content (AvgIpc) is 2.66. The third-order valence-corrected chi connectivity index (χ3v) is 3.37. The fourth-order valence-corrected chi connectivity index (χ4v) is 2.54. The van der Waals surface area contributed by atoms with E-state index in [2.05, 4.69) is 13.2 Å². The molecule has 1 fully saturated rings. The molecule has 0 saturated carbocycles. The highest BCUT2D eigenvalue weighted by molar-refractivity contribution is 5.75. The lowest BCUT2D eigenvalue weighted by atomic mass is 9.78. The van der Waals surface area contributed by atoms with Gasteiger partial charge in [-0.1, -0.05) is 12.2 Å². The molecule has 110 valence electrons. The first-order valence-electron chi connectivity index (χ1n) is 6.77. The molecule has 0 aromatic rings. The molecular formula is C16H23NO3. The van der Waals surface area contributed by atoms with Gasteiger partial charge in [0.1, 0.15) is 17.2 Å². The van der Waals surface area contributed by atoms with Crippen molar-refractivity contribution in [2.75, 3.05) is 6.54 Å². The third kappa shape index (κ3) is 3.40. The maximum absolute atomic E-state index is 12.2. The fraction of sp³-hybridized carbons (Fsp3) is 0.562. The van der Waals surface area contributed by atoms with Gasteiger partial charge in [-0.3, -0.25) is 4.90 Å². The largest absolute Gasteiger partial charge is 0.443 e. The summed E-state index contributed by atoms with van der Waals surface area (Å²) in [7, 11) is 0. The summed E-state index contributed by atoms with van der Waals surface area (Å²) in [6.45, 7) is 13.3. The Hall–Kier alpha value is -1.80. The summed E-state index contributed by atoms with van der Waals surface area (Å²) in [5, 5.41) is 0. The second-order valence-corrected chi connectivity index (χ2v) is 6.10. The highest BCUT2D eigenvalue weighted by Crippen LogP contribution is 2.45. The van der Waals surface area contributed by atoms with Crippen LogP contribution in [-0.2, 0) is 9.53 Å². The normalized spacial score (nSPS) is 17.6. The average molecular weight is 277 g/mol. The second-order valence-electron chi connectivity index (χ2n) is 6.10. The molecule has 4 nitrogen and oxygen atoms in total. The van der Waals surface area contributed by atoms with E-state index in [0.717, 1.165) is 0 Å². The lowest BCUT2D eigenvalue weighted by Crippen LogP contribution is -2.35. The molecule has 0 unspecified atom stereocenters. The van der Waals surface area contributed by atoms with E-state index in [1.165, 1.54) is 4.90 Å². The van der Waals surface area contributed by atoms with E-state index in [-0.39, 0.29) is 0 Å². The van der Waals surface area contributed by atoms with Gasteiger partial charge >= 0.3 is 6.09 Å². The first-order chi connectivity index (χ1) is 9.29. The van der Waals surface area contributed by atoms with E-state index in [1.807, 2.05) is 5.94 Å². The van der Waals surface area contributed by atoms with Gasteiger partial charge in [0.25, 0.3) is 0 Å². The van der Waals surface area contributed by atoms with E-state index in [0.29, 0.717) is 31.5 Å². The zero-order valence-electron chi connectivity index (χ0n) is 12.6. The fourth-order valence-electron chi connectivity index (χ4n) is 2.54. The van der Waals surface area contributed by atoms with Crippen LogP contribution in [0.2, 0.25) is 0 Å². The van der Waals surface area contributed by atoms with Crippen LogP contribution in [0, 0.1) is 5.41 Å². The Morgan fingerprint density at radius 2 is 1.95 bits per heavy atom. The molecule has 0 aliphatic carbocycles. The highest BCUT2D eigenvalue weighted by Gasteiger charge is 2.45. The van der Waals surface area contributed by atoms with Gasteiger partial charge < -0.3 is 4.74 Å². The van der Waals surface area contributed by atoms with Crippen molar-refractivity contribution in [1.29, 1.82) is 0 Å². The summed E-state index contributed by atoms with van der Waals surface area (Å²) in [6, 6.07) is 0. The molecule has 0 aromatic carbocycles. The van der Waals surface area contributed by atoms with Crippen LogP contribution in [0.15, 0.2) is 31.0 Å². The summed E-state index contributed by atoms with van der Waals surface area (Å²) < 4.78 is 5.34. The number of carbonyl (C=O) groups excluding carboxylic acids is 2. The van der Waals surface area contributed by atoms with E-state index in [4.69, 9.17) is 4.74 Å². The predicted molar refractivity (Wildman–Crippen MR) is 78.8 cm³/mol. The number of carbonyl (C=O) groups is 1. The SMILES string of the molecule is C=CCC1(CC=C)CCN(C(=O)OC(C)(C)C)C1=C=O. The molecule has 1 aliphatic heterocycles. The molecule has 0 aromatic heterocycles. The van der Waals surface area contributed by atoms with Crippen molar-refractivity contribution in [2.24, 2.45) is 5.41 Å². The molecule has 0 atom stereocenters. The van der Waals surface area contributed by atoms with Gasteiger partial charge in [0.15, 0.2) is 0 Å². The lowest BCUT2D eigenvalue weighted by Gasteiger charge is -2.29. The van der Waals surface area contributed by atoms with Crippen LogP contribution < -0.4 is 0 Å². The first kappa shape index (κ1) is 16.3. The van der Waals surface area contributed by atoms with E-state index < -0.39 is 17.1 Å². The zero-order chi connectivity index (χ0) is 15.4. The van der Waals surface area contributed by atoms with Crippen molar-refractivity contribution in [3.05, 3.63) is 31.0 Å². The van der Waals surface area contributed by atoms with Gasteiger partial charge in [0.05, 0.1) is 0 Å². The Balaban J connectivity index is 3.03. The molecule has 1 aliphatic rings. The van der Waals surface area contributed by atoms with Gasteiger partial charge in [0, 0.05) is 12.0 Å². The third-order valence-electron chi connectivity index (χ3n) is 3.37. The Bertz CT molecular complexity index is 443. The van der Waals surface area contributed by atoms with Gasteiger partial charge in [-0.25, -0.2) is 9.59 Å². The first-order valence-corrected chi connectivity index (χ1v) is 6.77. The molecular weight excluding hydrogens is 254 g/mol. The highest BCUT2D eigenvalue weighted by atomic mass is 16.6. The van der Waals surface area contributed by atoms with Gasteiger partial charge in [0.2, 0.25) is 0 Å². The van der Waals surface area contributed by atoms with Crippen LogP contribution in [0.4, 0.5) is 4.79 Å². The number of likely N-dealkylation sites (tertiary alicyclic amines) is 1. The standard InChI is InChI=1S/C16H23NO3/c1-6-8-16(9-7-2)10-11-17(13(16)12-18)14(19)20-15(3,4)5/h6-7H,1-2,8-11H2,3-5H3. The van der Waals surface area contributed by atoms with E-state index in [9.17, 15) is 9.59 Å². The topological polar surface area (TPSA) is 46.6 Å². The van der Waals surface area contributed by atoms with E-state index in [1.54, 1.807) is 32.9 Å². The summed E-state index contributed by atoms with van der Waals surface area (Å²) in [4.78, 5) is 24.9. The number of ether oxygens (including phenoxy) is 1. The summed E-state index contributed by atoms with van der Waals surface area (Å²) >= 11 is 0. The Kier molecular flexibility index (Phi) is 4.96. The molecule has 1 rings (SSSR count). The van der Waals surface area contributed by atoms with E-state index >= 15 is 0 Å². The van der Waals surface area contributed by atoms with Crippen molar-refractivity contribution in [3.8, 4) is 0 Å². The number of hydrogen-bond donors (Lipinski definition) is 0. The molecule has 1 heterocycles. The van der Waals surface area contributed by atoms with Crippen molar-refractivity contribution in [3.63, 3.8) is 0 Å². The van der Waals surface area contributed by atoms with Crippen molar-refractivity contribution in [2.45, 2.75) is 45.6 Å². The number of hydrogen-bond acceptors (Lipinski definition) is 3. The van der Waals surface area contributed by atoms with Gasteiger partial charge in [-0.2, -0.15) is 0 Å². The Morgan fingerprint density at radius 1 is 1.40 bits per heavy atom. The summed E-state index contributed by atoms with van der Waals surface area (Å²) in [5.74, 6) is 1.94. The maximum atomic E-state index is 12.2. The molecule has 0 radical (unpaired) electrons. The number of allylic oxidation sites excluding steroid dienone is 3. The zero-order valence-corrected chi connectivity index (χ0v) is 12.6. The van der Waals surface area contributed by atoms with Gasteiger partial charge in [-0.15, -0.1) is 13.2 Å². The smallest absolute Gasteiger partial charge is 0.415 e. The van der Waals surface area contributed by atoms with Crippen molar-refractivity contribution in [1.82, 2.24) is 4.90 Å².